The largest absolute Gasteiger partial charge is 0.294 e. The highest BCUT2D eigenvalue weighted by Crippen LogP contribution is 2.38. The number of rotatable bonds is 6. The molecule has 0 spiro atoms. The molecule has 0 N–H and O–H groups in total. The van der Waals surface area contributed by atoms with Crippen LogP contribution in [-0.2, 0) is 0 Å². The van der Waals surface area contributed by atoms with Crippen molar-refractivity contribution in [3.8, 4) is 0 Å². The van der Waals surface area contributed by atoms with E-state index in [4.69, 9.17) is 0 Å². The minimum absolute atomic E-state index is 0.156. The topological polar surface area (TPSA) is 17.1 Å². The second kappa shape index (κ2) is 6.70. The third kappa shape index (κ3) is 3.15. The molecule has 0 aromatic heterocycles. The van der Waals surface area contributed by atoms with Gasteiger partial charge in [-0.25, -0.2) is 0 Å². The molecule has 1 aromatic rings. The fourth-order valence-corrected chi connectivity index (χ4v) is 3.20. The van der Waals surface area contributed by atoms with Gasteiger partial charge < -0.3 is 0 Å². The SMILES string of the molecule is CCCC1=C(CCC)C(C(=O)c2ccccc2)CC1. The first-order chi connectivity index (χ1) is 9.27. The molecule has 0 bridgehead atoms. The summed E-state index contributed by atoms with van der Waals surface area (Å²) in [6, 6.07) is 9.78. The number of ketones is 1. The van der Waals surface area contributed by atoms with E-state index in [0.717, 1.165) is 31.2 Å². The van der Waals surface area contributed by atoms with Gasteiger partial charge in [-0.3, -0.25) is 4.79 Å². The first kappa shape index (κ1) is 14.0. The van der Waals surface area contributed by atoms with Gasteiger partial charge in [0.25, 0.3) is 0 Å². The normalized spacial score (nSPS) is 18.9. The van der Waals surface area contributed by atoms with Gasteiger partial charge in [0.1, 0.15) is 0 Å². The fraction of sp³-hybridized carbons (Fsp3) is 0.500. The summed E-state index contributed by atoms with van der Waals surface area (Å²) >= 11 is 0. The minimum atomic E-state index is 0.156. The lowest BCUT2D eigenvalue weighted by molar-refractivity contribution is 0.0937. The summed E-state index contributed by atoms with van der Waals surface area (Å²) in [6.45, 7) is 4.43. The molecule has 0 fully saturated rings. The lowest BCUT2D eigenvalue weighted by Gasteiger charge is -2.14. The number of benzene rings is 1. The highest BCUT2D eigenvalue weighted by atomic mass is 16.1. The van der Waals surface area contributed by atoms with Crippen LogP contribution in [0.1, 0.15) is 62.7 Å². The third-order valence-electron chi connectivity index (χ3n) is 4.06. The van der Waals surface area contributed by atoms with Crippen LogP contribution >= 0.6 is 0 Å². The van der Waals surface area contributed by atoms with Gasteiger partial charge in [0.2, 0.25) is 0 Å². The highest BCUT2D eigenvalue weighted by molar-refractivity contribution is 5.99. The van der Waals surface area contributed by atoms with Crippen molar-refractivity contribution in [1.29, 1.82) is 0 Å². The molecular weight excluding hydrogens is 232 g/mol. The first-order valence-electron chi connectivity index (χ1n) is 7.58. The molecule has 2 rings (SSSR count). The Morgan fingerprint density at radius 1 is 1.11 bits per heavy atom. The summed E-state index contributed by atoms with van der Waals surface area (Å²) in [5.74, 6) is 0.485. The van der Waals surface area contributed by atoms with Crippen molar-refractivity contribution in [2.75, 3.05) is 0 Å². The van der Waals surface area contributed by atoms with Crippen molar-refractivity contribution in [2.45, 2.75) is 52.4 Å². The Hall–Kier alpha value is -1.37. The zero-order chi connectivity index (χ0) is 13.7. The monoisotopic (exact) mass is 256 g/mol. The predicted octanol–water partition coefficient (Wildman–Crippen LogP) is 5.18. The van der Waals surface area contributed by atoms with Crippen molar-refractivity contribution in [1.82, 2.24) is 0 Å². The van der Waals surface area contributed by atoms with Gasteiger partial charge in [0.05, 0.1) is 0 Å². The maximum atomic E-state index is 12.6. The maximum Gasteiger partial charge on any atom is 0.169 e. The minimum Gasteiger partial charge on any atom is -0.294 e. The molecule has 0 saturated heterocycles. The molecular formula is C18H24O. The van der Waals surface area contributed by atoms with Crippen LogP contribution in [0.5, 0.6) is 0 Å². The Bertz CT molecular complexity index is 456. The van der Waals surface area contributed by atoms with Crippen LogP contribution in [0.3, 0.4) is 0 Å². The van der Waals surface area contributed by atoms with E-state index in [0.29, 0.717) is 5.78 Å². The van der Waals surface area contributed by atoms with Gasteiger partial charge in [-0.2, -0.15) is 0 Å². The number of hydrogen-bond donors (Lipinski definition) is 0. The molecule has 19 heavy (non-hydrogen) atoms. The van der Waals surface area contributed by atoms with E-state index < -0.39 is 0 Å². The molecule has 0 saturated carbocycles. The van der Waals surface area contributed by atoms with Crippen molar-refractivity contribution in [3.05, 3.63) is 47.0 Å². The summed E-state index contributed by atoms with van der Waals surface area (Å²) in [6.07, 6.45) is 6.76. The Labute approximate surface area is 116 Å². The number of hydrogen-bond acceptors (Lipinski definition) is 1. The van der Waals surface area contributed by atoms with E-state index in [1.807, 2.05) is 30.3 Å². The molecule has 0 amide bonds. The molecule has 1 aliphatic rings. The summed E-state index contributed by atoms with van der Waals surface area (Å²) in [5.41, 5.74) is 3.90. The van der Waals surface area contributed by atoms with Crippen molar-refractivity contribution in [2.24, 2.45) is 5.92 Å². The van der Waals surface area contributed by atoms with E-state index >= 15 is 0 Å². The molecule has 0 heterocycles. The van der Waals surface area contributed by atoms with E-state index in [1.54, 1.807) is 5.57 Å². The first-order valence-corrected chi connectivity index (χ1v) is 7.58. The van der Waals surface area contributed by atoms with Crippen LogP contribution in [0.2, 0.25) is 0 Å². The van der Waals surface area contributed by atoms with Gasteiger partial charge >= 0.3 is 0 Å². The van der Waals surface area contributed by atoms with Gasteiger partial charge in [-0.1, -0.05) is 68.2 Å². The third-order valence-corrected chi connectivity index (χ3v) is 4.06. The molecule has 1 nitrogen and oxygen atoms in total. The number of Topliss-reactive ketones (excluding diaryl/α,β-unsaturated/α-hetero) is 1. The van der Waals surface area contributed by atoms with Crippen LogP contribution in [0, 0.1) is 5.92 Å². The molecule has 1 heteroatoms. The van der Waals surface area contributed by atoms with Crippen LogP contribution in [0.4, 0.5) is 0 Å². The van der Waals surface area contributed by atoms with E-state index in [9.17, 15) is 4.79 Å². The van der Waals surface area contributed by atoms with E-state index in [-0.39, 0.29) is 5.92 Å². The average molecular weight is 256 g/mol. The zero-order valence-corrected chi connectivity index (χ0v) is 12.1. The summed E-state index contributed by atoms with van der Waals surface area (Å²) in [5, 5.41) is 0. The molecule has 1 aliphatic carbocycles. The lowest BCUT2D eigenvalue weighted by atomic mass is 9.88. The molecule has 102 valence electrons. The number of allylic oxidation sites excluding steroid dienone is 2. The van der Waals surface area contributed by atoms with Crippen molar-refractivity contribution in [3.63, 3.8) is 0 Å². The van der Waals surface area contributed by atoms with Crippen LogP contribution in [-0.4, -0.2) is 5.78 Å². The molecule has 1 atom stereocenters. The Balaban J connectivity index is 2.22. The lowest BCUT2D eigenvalue weighted by Crippen LogP contribution is -2.14. The van der Waals surface area contributed by atoms with Crippen LogP contribution in [0.25, 0.3) is 0 Å². The van der Waals surface area contributed by atoms with Gasteiger partial charge in [-0.15, -0.1) is 0 Å². The molecule has 1 unspecified atom stereocenters. The van der Waals surface area contributed by atoms with Gasteiger partial charge in [-0.05, 0) is 25.7 Å². The second-order valence-electron chi connectivity index (χ2n) is 5.45. The number of carbonyl (C=O) groups excluding carboxylic acids is 1. The average Bonchev–Trinajstić information content (AvgIpc) is 2.83. The molecule has 1 aromatic carbocycles. The second-order valence-corrected chi connectivity index (χ2v) is 5.45. The number of carbonyl (C=O) groups is 1. The van der Waals surface area contributed by atoms with Crippen molar-refractivity contribution < 1.29 is 4.79 Å². The summed E-state index contributed by atoms with van der Waals surface area (Å²) in [7, 11) is 0. The molecule has 0 aliphatic heterocycles. The Morgan fingerprint density at radius 2 is 1.79 bits per heavy atom. The van der Waals surface area contributed by atoms with Crippen LogP contribution < -0.4 is 0 Å². The van der Waals surface area contributed by atoms with E-state index in [1.165, 1.54) is 18.4 Å². The Morgan fingerprint density at radius 3 is 2.42 bits per heavy atom. The smallest absolute Gasteiger partial charge is 0.169 e. The van der Waals surface area contributed by atoms with Gasteiger partial charge in [0, 0.05) is 11.5 Å². The summed E-state index contributed by atoms with van der Waals surface area (Å²) in [4.78, 5) is 12.6. The quantitative estimate of drug-likeness (QED) is 0.506. The predicted molar refractivity (Wildman–Crippen MR) is 80.3 cm³/mol. The summed E-state index contributed by atoms with van der Waals surface area (Å²) < 4.78 is 0. The van der Waals surface area contributed by atoms with E-state index in [2.05, 4.69) is 13.8 Å². The maximum absolute atomic E-state index is 12.6. The Kier molecular flexibility index (Phi) is 4.95. The molecule has 0 radical (unpaired) electrons. The van der Waals surface area contributed by atoms with Gasteiger partial charge in [0.15, 0.2) is 5.78 Å². The fourth-order valence-electron chi connectivity index (χ4n) is 3.20. The van der Waals surface area contributed by atoms with Crippen molar-refractivity contribution >= 4 is 5.78 Å². The standard InChI is InChI=1S/C18H24O/c1-3-8-14-12-13-17(16(14)9-4-2)18(19)15-10-6-5-7-11-15/h5-7,10-11,17H,3-4,8-9,12-13H2,1-2H3. The van der Waals surface area contributed by atoms with Crippen LogP contribution in [0.15, 0.2) is 41.5 Å². The highest BCUT2D eigenvalue weighted by Gasteiger charge is 2.30. The zero-order valence-electron chi connectivity index (χ0n) is 12.1.